The minimum atomic E-state index is -1.03. The number of carbonyl (C=O) groups excluding carboxylic acids is 1. The first kappa shape index (κ1) is 12.4. The van der Waals surface area contributed by atoms with Crippen LogP contribution in [0, 0.1) is 0 Å². The predicted octanol–water partition coefficient (Wildman–Crippen LogP) is 0.0838. The second-order valence-electron chi connectivity index (χ2n) is 3.84. The molecule has 0 saturated carbocycles. The van der Waals surface area contributed by atoms with Crippen molar-refractivity contribution < 1.29 is 15.0 Å². The fraction of sp³-hybridized carbons (Fsp3) is 0.364. The third-order valence-electron chi connectivity index (χ3n) is 2.58. The summed E-state index contributed by atoms with van der Waals surface area (Å²) in [6, 6.07) is 5.22. The van der Waals surface area contributed by atoms with E-state index in [9.17, 15) is 15.0 Å². The molecular weight excluding hydrogens is 240 g/mol. The van der Waals surface area contributed by atoms with Crippen molar-refractivity contribution in [2.75, 3.05) is 17.6 Å². The third kappa shape index (κ3) is 2.61. The number of hydrogen-bond donors (Lipinski definition) is 4. The number of fused-ring (bicyclic) bond motifs is 1. The number of thioether (sulfide) groups is 1. The number of amides is 1. The normalized spacial score (nSPS) is 18.2. The lowest BCUT2D eigenvalue weighted by atomic mass is 10.0. The highest BCUT2D eigenvalue weighted by Gasteiger charge is 2.20. The van der Waals surface area contributed by atoms with Gasteiger partial charge in [-0.3, -0.25) is 4.79 Å². The van der Waals surface area contributed by atoms with Crippen LogP contribution < -0.4 is 11.1 Å². The Hall–Kier alpha value is -1.08. The Kier molecular flexibility index (Phi) is 3.68. The Morgan fingerprint density at radius 3 is 2.94 bits per heavy atom. The molecule has 0 fully saturated rings. The van der Waals surface area contributed by atoms with Crippen LogP contribution in [0.2, 0.25) is 0 Å². The van der Waals surface area contributed by atoms with Crippen molar-refractivity contribution in [3.8, 4) is 0 Å². The van der Waals surface area contributed by atoms with Crippen LogP contribution in [0.4, 0.5) is 5.69 Å². The van der Waals surface area contributed by atoms with Gasteiger partial charge in [0.2, 0.25) is 5.91 Å². The van der Waals surface area contributed by atoms with Gasteiger partial charge in [-0.2, -0.15) is 0 Å². The molecule has 0 radical (unpaired) electrons. The SMILES string of the molecule is NCC(O)C(O)c1ccc2c(c1)NC(=O)CS2. The van der Waals surface area contributed by atoms with Gasteiger partial charge >= 0.3 is 0 Å². The molecule has 92 valence electrons. The van der Waals surface area contributed by atoms with Crippen LogP contribution in [0.3, 0.4) is 0 Å². The number of benzene rings is 1. The van der Waals surface area contributed by atoms with Gasteiger partial charge < -0.3 is 21.3 Å². The molecule has 6 heteroatoms. The van der Waals surface area contributed by atoms with Gasteiger partial charge in [-0.05, 0) is 17.7 Å². The van der Waals surface area contributed by atoms with Crippen LogP contribution >= 0.6 is 11.8 Å². The standard InChI is InChI=1S/C11H14N2O3S/c12-4-8(14)11(16)6-1-2-9-7(3-6)13-10(15)5-17-9/h1-3,8,11,14,16H,4-5,12H2,(H,13,15). The molecule has 1 aliphatic heterocycles. The van der Waals surface area contributed by atoms with Gasteiger partial charge in [-0.15, -0.1) is 11.8 Å². The van der Waals surface area contributed by atoms with Gasteiger partial charge in [-0.1, -0.05) is 6.07 Å². The third-order valence-corrected chi connectivity index (χ3v) is 3.66. The second kappa shape index (κ2) is 5.05. The van der Waals surface area contributed by atoms with E-state index in [1.54, 1.807) is 12.1 Å². The fourth-order valence-corrected chi connectivity index (χ4v) is 2.42. The molecule has 2 rings (SSSR count). The molecule has 0 aliphatic carbocycles. The highest BCUT2D eigenvalue weighted by molar-refractivity contribution is 8.00. The zero-order chi connectivity index (χ0) is 12.4. The Morgan fingerprint density at radius 1 is 1.47 bits per heavy atom. The topological polar surface area (TPSA) is 95.6 Å². The van der Waals surface area contributed by atoms with Crippen LogP contribution in [0.5, 0.6) is 0 Å². The summed E-state index contributed by atoms with van der Waals surface area (Å²) in [5.74, 6) is 0.342. The second-order valence-corrected chi connectivity index (χ2v) is 4.86. The summed E-state index contributed by atoms with van der Waals surface area (Å²) >= 11 is 1.45. The number of aliphatic hydroxyl groups excluding tert-OH is 2. The van der Waals surface area contributed by atoms with Crippen molar-refractivity contribution >= 4 is 23.4 Å². The smallest absolute Gasteiger partial charge is 0.234 e. The number of hydrogen-bond acceptors (Lipinski definition) is 5. The van der Waals surface area contributed by atoms with E-state index in [1.165, 1.54) is 11.8 Å². The Bertz CT molecular complexity index is 439. The fourth-order valence-electron chi connectivity index (χ4n) is 1.64. The van der Waals surface area contributed by atoms with Crippen molar-refractivity contribution in [3.63, 3.8) is 0 Å². The quantitative estimate of drug-likeness (QED) is 0.613. The van der Waals surface area contributed by atoms with Gasteiger partial charge in [0, 0.05) is 11.4 Å². The maximum Gasteiger partial charge on any atom is 0.234 e. The first-order valence-electron chi connectivity index (χ1n) is 5.24. The number of nitrogens with two attached hydrogens (primary N) is 1. The van der Waals surface area contributed by atoms with Gasteiger partial charge in [0.25, 0.3) is 0 Å². The lowest BCUT2D eigenvalue weighted by Gasteiger charge is -2.20. The number of carbonyl (C=O) groups is 1. The Morgan fingerprint density at radius 2 is 2.24 bits per heavy atom. The molecule has 5 N–H and O–H groups in total. The minimum Gasteiger partial charge on any atom is -0.389 e. The van der Waals surface area contributed by atoms with E-state index in [4.69, 9.17) is 5.73 Å². The average Bonchev–Trinajstić information content (AvgIpc) is 2.36. The van der Waals surface area contributed by atoms with Crippen molar-refractivity contribution in [3.05, 3.63) is 23.8 Å². The van der Waals surface area contributed by atoms with E-state index in [0.717, 1.165) is 4.90 Å². The monoisotopic (exact) mass is 254 g/mol. The average molecular weight is 254 g/mol. The maximum atomic E-state index is 11.2. The molecular formula is C11H14N2O3S. The van der Waals surface area contributed by atoms with Crippen LogP contribution in [0.15, 0.2) is 23.1 Å². The summed E-state index contributed by atoms with van der Waals surface area (Å²) < 4.78 is 0. The number of aliphatic hydroxyl groups is 2. The Labute approximate surface area is 103 Å². The molecule has 0 bridgehead atoms. The molecule has 2 unspecified atom stereocenters. The van der Waals surface area contributed by atoms with E-state index < -0.39 is 12.2 Å². The van der Waals surface area contributed by atoms with Gasteiger partial charge in [0.1, 0.15) is 6.10 Å². The summed E-state index contributed by atoms with van der Waals surface area (Å²) in [4.78, 5) is 12.2. The number of anilines is 1. The van der Waals surface area contributed by atoms with E-state index in [-0.39, 0.29) is 12.5 Å². The lowest BCUT2D eigenvalue weighted by Crippen LogP contribution is -2.27. The van der Waals surface area contributed by atoms with E-state index in [1.807, 2.05) is 6.07 Å². The maximum absolute atomic E-state index is 11.2. The summed E-state index contributed by atoms with van der Waals surface area (Å²) in [7, 11) is 0. The molecule has 0 spiro atoms. The minimum absolute atomic E-state index is 0.0145. The molecule has 1 aromatic carbocycles. The molecule has 1 heterocycles. The van der Waals surface area contributed by atoms with Gasteiger partial charge in [-0.25, -0.2) is 0 Å². The first-order chi connectivity index (χ1) is 8.11. The summed E-state index contributed by atoms with van der Waals surface area (Å²) in [6.45, 7) is -0.0145. The zero-order valence-electron chi connectivity index (χ0n) is 9.09. The van der Waals surface area contributed by atoms with E-state index >= 15 is 0 Å². The van der Waals surface area contributed by atoms with Crippen molar-refractivity contribution in [1.82, 2.24) is 0 Å². The molecule has 5 nitrogen and oxygen atoms in total. The first-order valence-corrected chi connectivity index (χ1v) is 6.23. The highest BCUT2D eigenvalue weighted by atomic mass is 32.2. The number of nitrogens with one attached hydrogen (secondary N) is 1. The Balaban J connectivity index is 2.26. The van der Waals surface area contributed by atoms with Crippen molar-refractivity contribution in [2.45, 2.75) is 17.1 Å². The van der Waals surface area contributed by atoms with Crippen LogP contribution in [0.1, 0.15) is 11.7 Å². The lowest BCUT2D eigenvalue weighted by molar-refractivity contribution is -0.113. The van der Waals surface area contributed by atoms with Gasteiger partial charge in [0.15, 0.2) is 0 Å². The summed E-state index contributed by atoms with van der Waals surface area (Å²) in [5.41, 5.74) is 6.51. The summed E-state index contributed by atoms with van der Waals surface area (Å²) in [5, 5.41) is 22.0. The molecule has 1 amide bonds. The molecule has 0 aromatic heterocycles. The van der Waals surface area contributed by atoms with Crippen LogP contribution in [0.25, 0.3) is 0 Å². The molecule has 1 aromatic rings. The number of rotatable bonds is 3. The van der Waals surface area contributed by atoms with Crippen LogP contribution in [-0.4, -0.2) is 34.5 Å². The van der Waals surface area contributed by atoms with Crippen LogP contribution in [-0.2, 0) is 4.79 Å². The summed E-state index contributed by atoms with van der Waals surface area (Å²) in [6.07, 6.45) is -2.03. The molecule has 0 saturated heterocycles. The molecule has 17 heavy (non-hydrogen) atoms. The van der Waals surface area contributed by atoms with Crippen molar-refractivity contribution in [2.24, 2.45) is 5.73 Å². The van der Waals surface area contributed by atoms with E-state index in [0.29, 0.717) is 17.0 Å². The molecule has 1 aliphatic rings. The predicted molar refractivity (Wildman–Crippen MR) is 65.8 cm³/mol. The zero-order valence-corrected chi connectivity index (χ0v) is 9.91. The largest absolute Gasteiger partial charge is 0.389 e. The van der Waals surface area contributed by atoms with Gasteiger partial charge in [0.05, 0.1) is 17.5 Å². The highest BCUT2D eigenvalue weighted by Crippen LogP contribution is 2.33. The van der Waals surface area contributed by atoms with Crippen molar-refractivity contribution in [1.29, 1.82) is 0 Å². The molecule has 2 atom stereocenters. The van der Waals surface area contributed by atoms with E-state index in [2.05, 4.69) is 5.32 Å².